The van der Waals surface area contributed by atoms with Crippen LogP contribution in [0.15, 0.2) is 59.5 Å². The van der Waals surface area contributed by atoms with Gasteiger partial charge >= 0.3 is 0 Å². The van der Waals surface area contributed by atoms with E-state index in [0.29, 0.717) is 17.8 Å². The van der Waals surface area contributed by atoms with Crippen LogP contribution in [0.5, 0.6) is 0 Å². The summed E-state index contributed by atoms with van der Waals surface area (Å²) in [6, 6.07) is 15.1. The topological polar surface area (TPSA) is 78.5 Å². The second kappa shape index (κ2) is 9.48. The van der Waals surface area contributed by atoms with Crippen molar-refractivity contribution in [2.24, 2.45) is 0 Å². The molecule has 0 aliphatic heterocycles. The van der Waals surface area contributed by atoms with Gasteiger partial charge in [0.2, 0.25) is 5.91 Å². The second-order valence-electron chi connectivity index (χ2n) is 5.94. The molecular weight excluding hydrogens is 382 g/mol. The van der Waals surface area contributed by atoms with Crippen molar-refractivity contribution in [1.82, 2.24) is 5.32 Å². The number of rotatable bonds is 7. The number of sulfonamides is 1. The predicted molar refractivity (Wildman–Crippen MR) is 112 cm³/mol. The lowest BCUT2D eigenvalue weighted by Crippen LogP contribution is -2.33. The molecule has 1 amide bonds. The zero-order valence-electron chi connectivity index (χ0n) is 15.3. The van der Waals surface area contributed by atoms with Gasteiger partial charge in [0.05, 0.1) is 10.6 Å². The van der Waals surface area contributed by atoms with Crippen molar-refractivity contribution in [1.29, 1.82) is 0 Å². The molecule has 0 atom stereocenters. The first-order chi connectivity index (χ1) is 12.8. The molecule has 0 heterocycles. The van der Waals surface area contributed by atoms with Crippen molar-refractivity contribution in [3.8, 4) is 0 Å². The van der Waals surface area contributed by atoms with E-state index in [2.05, 4.69) is 10.6 Å². The van der Waals surface area contributed by atoms with Crippen molar-refractivity contribution >= 4 is 44.6 Å². The van der Waals surface area contributed by atoms with Crippen molar-refractivity contribution in [3.63, 3.8) is 0 Å². The Labute approximate surface area is 165 Å². The summed E-state index contributed by atoms with van der Waals surface area (Å²) < 4.78 is 26.7. The third kappa shape index (κ3) is 5.77. The molecule has 2 N–H and O–H groups in total. The summed E-state index contributed by atoms with van der Waals surface area (Å²) >= 11 is 5.10. The summed E-state index contributed by atoms with van der Waals surface area (Å²) in [4.78, 5) is 11.8. The smallest absolute Gasteiger partial charge is 0.264 e. The average molecular weight is 406 g/mol. The van der Waals surface area contributed by atoms with E-state index in [1.165, 1.54) is 23.5 Å². The molecule has 0 unspecified atom stereocenters. The number of carbonyl (C=O) groups is 1. The number of carbonyl (C=O) groups excluding carboxylic acids is 1. The molecular formula is C19H23N3O3S2. The predicted octanol–water partition coefficient (Wildman–Crippen LogP) is 3.51. The molecule has 0 aliphatic rings. The number of nitrogens with one attached hydrogen (secondary N) is 2. The average Bonchev–Trinajstić information content (AvgIpc) is 2.66. The van der Waals surface area contributed by atoms with E-state index in [1.54, 1.807) is 36.4 Å². The summed E-state index contributed by atoms with van der Waals surface area (Å²) in [7, 11) is -2.15. The third-order valence-corrected chi connectivity index (χ3v) is 5.90. The van der Waals surface area contributed by atoms with Crippen LogP contribution in [0.1, 0.15) is 26.2 Å². The maximum atomic E-state index is 12.7. The van der Waals surface area contributed by atoms with Gasteiger partial charge < -0.3 is 10.6 Å². The van der Waals surface area contributed by atoms with Gasteiger partial charge in [-0.2, -0.15) is 0 Å². The number of thiocarbonyl (C=S) groups is 1. The lowest BCUT2D eigenvalue weighted by atomic mass is 10.2. The zero-order chi connectivity index (χ0) is 19.9. The molecule has 27 heavy (non-hydrogen) atoms. The van der Waals surface area contributed by atoms with Crippen LogP contribution in [0, 0.1) is 0 Å². The number of nitrogens with zero attached hydrogens (tertiary/aromatic N) is 1. The summed E-state index contributed by atoms with van der Waals surface area (Å²) in [5, 5.41) is 5.67. The van der Waals surface area contributed by atoms with Crippen LogP contribution in [-0.4, -0.2) is 26.5 Å². The first-order valence-electron chi connectivity index (χ1n) is 8.59. The molecule has 0 bridgehead atoms. The molecule has 0 fully saturated rings. The van der Waals surface area contributed by atoms with Gasteiger partial charge in [-0.25, -0.2) is 8.42 Å². The summed E-state index contributed by atoms with van der Waals surface area (Å²) in [6.07, 6.45) is 2.15. The maximum Gasteiger partial charge on any atom is 0.264 e. The van der Waals surface area contributed by atoms with Crippen LogP contribution >= 0.6 is 12.2 Å². The molecule has 0 saturated carbocycles. The highest BCUT2D eigenvalue weighted by atomic mass is 32.2. The Morgan fingerprint density at radius 1 is 1.07 bits per heavy atom. The zero-order valence-corrected chi connectivity index (χ0v) is 16.9. The fraction of sp³-hybridized carbons (Fsp3) is 0.263. The molecule has 2 rings (SSSR count). The molecule has 144 valence electrons. The number of hydrogen-bond acceptors (Lipinski definition) is 4. The Bertz CT molecular complexity index is 882. The molecule has 0 aromatic heterocycles. The highest BCUT2D eigenvalue weighted by Crippen LogP contribution is 2.22. The second-order valence-corrected chi connectivity index (χ2v) is 8.32. The highest BCUT2D eigenvalue weighted by Gasteiger charge is 2.21. The van der Waals surface area contributed by atoms with Gasteiger partial charge in [-0.15, -0.1) is 0 Å². The molecule has 0 saturated heterocycles. The van der Waals surface area contributed by atoms with E-state index in [9.17, 15) is 13.2 Å². The van der Waals surface area contributed by atoms with Crippen molar-refractivity contribution in [2.45, 2.75) is 31.1 Å². The highest BCUT2D eigenvalue weighted by molar-refractivity contribution is 7.92. The number of unbranched alkanes of at least 4 members (excludes halogenated alkanes) is 1. The summed E-state index contributed by atoms with van der Waals surface area (Å²) in [5.41, 5.74) is 1.17. The van der Waals surface area contributed by atoms with Crippen LogP contribution < -0.4 is 14.9 Å². The van der Waals surface area contributed by atoms with Crippen LogP contribution in [-0.2, 0) is 14.8 Å². The fourth-order valence-corrected chi connectivity index (χ4v) is 3.76. The van der Waals surface area contributed by atoms with E-state index < -0.39 is 10.0 Å². The Morgan fingerprint density at radius 2 is 1.70 bits per heavy atom. The number of para-hydroxylation sites is 1. The molecule has 8 heteroatoms. The Morgan fingerprint density at radius 3 is 2.30 bits per heavy atom. The van der Waals surface area contributed by atoms with Crippen LogP contribution in [0.25, 0.3) is 0 Å². The monoisotopic (exact) mass is 405 g/mol. The summed E-state index contributed by atoms with van der Waals surface area (Å²) in [6.45, 7) is 2.01. The van der Waals surface area contributed by atoms with Crippen LogP contribution in [0.4, 0.5) is 11.4 Å². The number of anilines is 2. The van der Waals surface area contributed by atoms with Crippen molar-refractivity contribution in [2.75, 3.05) is 16.7 Å². The number of benzene rings is 2. The molecule has 6 nitrogen and oxygen atoms in total. The van der Waals surface area contributed by atoms with Gasteiger partial charge in [0.25, 0.3) is 10.0 Å². The van der Waals surface area contributed by atoms with Gasteiger partial charge in [0, 0.05) is 19.2 Å². The molecule has 0 aliphatic carbocycles. The minimum absolute atomic E-state index is 0.141. The minimum atomic E-state index is -3.66. The number of amides is 1. The van der Waals surface area contributed by atoms with E-state index in [0.717, 1.165) is 12.8 Å². The van der Waals surface area contributed by atoms with Gasteiger partial charge in [0.1, 0.15) is 0 Å². The minimum Gasteiger partial charge on any atom is -0.332 e. The van der Waals surface area contributed by atoms with Gasteiger partial charge in [-0.1, -0.05) is 31.5 Å². The fourth-order valence-electron chi connectivity index (χ4n) is 2.33. The van der Waals surface area contributed by atoms with Crippen LogP contribution in [0.3, 0.4) is 0 Å². The van der Waals surface area contributed by atoms with Gasteiger partial charge in [-0.05, 0) is 55.0 Å². The van der Waals surface area contributed by atoms with E-state index in [1.807, 2.05) is 13.0 Å². The molecule has 2 aromatic carbocycles. The number of hydrogen-bond donors (Lipinski definition) is 2. The maximum absolute atomic E-state index is 12.7. The molecule has 2 aromatic rings. The van der Waals surface area contributed by atoms with Gasteiger partial charge in [0.15, 0.2) is 5.11 Å². The quantitative estimate of drug-likeness (QED) is 0.689. The normalized spacial score (nSPS) is 10.9. The first-order valence-corrected chi connectivity index (χ1v) is 10.4. The van der Waals surface area contributed by atoms with Crippen molar-refractivity contribution in [3.05, 3.63) is 54.6 Å². The largest absolute Gasteiger partial charge is 0.332 e. The SMILES string of the molecule is CCCCC(=O)NC(=S)Nc1ccc(S(=O)(=O)N(C)c2ccccc2)cc1. The van der Waals surface area contributed by atoms with Crippen molar-refractivity contribution < 1.29 is 13.2 Å². The Hall–Kier alpha value is -2.45. The van der Waals surface area contributed by atoms with E-state index >= 15 is 0 Å². The lowest BCUT2D eigenvalue weighted by Gasteiger charge is -2.19. The standard InChI is InChI=1S/C19H23N3O3S2/c1-3-4-10-18(23)21-19(26)20-15-11-13-17(14-12-15)27(24,25)22(2)16-8-6-5-7-9-16/h5-9,11-14H,3-4,10H2,1-2H3,(H2,20,21,23,26). The van der Waals surface area contributed by atoms with Crippen LogP contribution in [0.2, 0.25) is 0 Å². The summed E-state index contributed by atoms with van der Waals surface area (Å²) in [5.74, 6) is -0.141. The third-order valence-electron chi connectivity index (χ3n) is 3.90. The molecule has 0 radical (unpaired) electrons. The van der Waals surface area contributed by atoms with E-state index in [-0.39, 0.29) is 15.9 Å². The van der Waals surface area contributed by atoms with E-state index in [4.69, 9.17) is 12.2 Å². The lowest BCUT2D eigenvalue weighted by molar-refractivity contribution is -0.119. The molecule has 0 spiro atoms. The first kappa shape index (κ1) is 20.9. The Kier molecular flexibility index (Phi) is 7.32. The Balaban J connectivity index is 2.04. The van der Waals surface area contributed by atoms with Gasteiger partial charge in [-0.3, -0.25) is 9.10 Å².